The normalized spacial score (nSPS) is 17.7. The van der Waals surface area contributed by atoms with Crippen LogP contribution in [0.15, 0.2) is 22.7 Å². The van der Waals surface area contributed by atoms with E-state index < -0.39 is 5.82 Å². The molecule has 118 valence electrons. The van der Waals surface area contributed by atoms with Crippen molar-refractivity contribution in [3.63, 3.8) is 0 Å². The third kappa shape index (κ3) is 3.80. The van der Waals surface area contributed by atoms with Crippen LogP contribution in [0.3, 0.4) is 0 Å². The van der Waals surface area contributed by atoms with Gasteiger partial charge in [-0.05, 0) is 39.5 Å². The number of nitrogens with zero attached hydrogens (tertiary/aromatic N) is 1. The standard InChI is InChI=1S/C16H17BrFNO3/c1-16(2)8-14(21)19(15(22)9-16)6-5-13(20)11-4-3-10(18)7-12(11)17/h3-4,7H,5-6,8-9H2,1-2H3. The molecule has 0 aliphatic carbocycles. The molecule has 2 rings (SSSR count). The Bertz CT molecular complexity index is 622. The van der Waals surface area contributed by atoms with E-state index in [0.717, 1.165) is 4.90 Å². The third-order valence-corrected chi connectivity index (χ3v) is 4.31. The van der Waals surface area contributed by atoms with Crippen LogP contribution in [0.4, 0.5) is 4.39 Å². The highest BCUT2D eigenvalue weighted by molar-refractivity contribution is 9.10. The van der Waals surface area contributed by atoms with Gasteiger partial charge in [-0.15, -0.1) is 0 Å². The highest BCUT2D eigenvalue weighted by Crippen LogP contribution is 2.31. The largest absolute Gasteiger partial charge is 0.294 e. The van der Waals surface area contributed by atoms with Gasteiger partial charge < -0.3 is 0 Å². The molecule has 4 nitrogen and oxygen atoms in total. The average molecular weight is 370 g/mol. The van der Waals surface area contributed by atoms with Gasteiger partial charge in [-0.3, -0.25) is 19.3 Å². The monoisotopic (exact) mass is 369 g/mol. The van der Waals surface area contributed by atoms with Crippen molar-refractivity contribution in [2.45, 2.75) is 33.1 Å². The van der Waals surface area contributed by atoms with E-state index in [1.165, 1.54) is 18.2 Å². The molecule has 1 aliphatic heterocycles. The Labute approximate surface area is 136 Å². The van der Waals surface area contributed by atoms with Crippen molar-refractivity contribution < 1.29 is 18.8 Å². The number of likely N-dealkylation sites (tertiary alicyclic amines) is 1. The lowest BCUT2D eigenvalue weighted by Gasteiger charge is -2.34. The summed E-state index contributed by atoms with van der Waals surface area (Å²) < 4.78 is 13.4. The summed E-state index contributed by atoms with van der Waals surface area (Å²) in [5.74, 6) is -1.16. The van der Waals surface area contributed by atoms with Gasteiger partial charge in [-0.25, -0.2) is 4.39 Å². The fourth-order valence-electron chi connectivity index (χ4n) is 2.52. The van der Waals surface area contributed by atoms with Crippen LogP contribution in [0.2, 0.25) is 0 Å². The molecule has 0 N–H and O–H groups in total. The number of imide groups is 1. The van der Waals surface area contributed by atoms with E-state index in [4.69, 9.17) is 0 Å². The first kappa shape index (κ1) is 16.8. The van der Waals surface area contributed by atoms with Gasteiger partial charge in [0.2, 0.25) is 11.8 Å². The van der Waals surface area contributed by atoms with Crippen molar-refractivity contribution in [3.05, 3.63) is 34.1 Å². The number of benzene rings is 1. The zero-order chi connectivity index (χ0) is 16.5. The molecule has 2 amide bonds. The molecule has 1 fully saturated rings. The summed E-state index contributed by atoms with van der Waals surface area (Å²) in [6.45, 7) is 3.82. The number of ketones is 1. The van der Waals surface area contributed by atoms with Gasteiger partial charge in [-0.1, -0.05) is 13.8 Å². The molecule has 1 aromatic carbocycles. The number of carbonyl (C=O) groups excluding carboxylic acids is 3. The first-order chi connectivity index (χ1) is 10.2. The van der Waals surface area contributed by atoms with Crippen molar-refractivity contribution in [1.29, 1.82) is 0 Å². The number of halogens is 2. The molecule has 0 spiro atoms. The van der Waals surface area contributed by atoms with Crippen LogP contribution in [0.5, 0.6) is 0 Å². The number of rotatable bonds is 4. The van der Waals surface area contributed by atoms with Crippen molar-refractivity contribution >= 4 is 33.5 Å². The molecule has 0 unspecified atom stereocenters. The number of amides is 2. The van der Waals surface area contributed by atoms with Crippen molar-refractivity contribution in [2.24, 2.45) is 5.41 Å². The molecule has 0 atom stereocenters. The van der Waals surface area contributed by atoms with Gasteiger partial charge >= 0.3 is 0 Å². The van der Waals surface area contributed by atoms with Gasteiger partial charge in [0.15, 0.2) is 5.78 Å². The Hall–Kier alpha value is -1.56. The topological polar surface area (TPSA) is 54.5 Å². The van der Waals surface area contributed by atoms with Gasteiger partial charge in [0.25, 0.3) is 0 Å². The SMILES string of the molecule is CC1(C)CC(=O)N(CCC(=O)c2ccc(F)cc2Br)C(=O)C1. The highest BCUT2D eigenvalue weighted by Gasteiger charge is 2.37. The first-order valence-electron chi connectivity index (χ1n) is 7.01. The summed E-state index contributed by atoms with van der Waals surface area (Å²) in [6.07, 6.45) is 0.627. The Morgan fingerprint density at radius 1 is 1.27 bits per heavy atom. The predicted octanol–water partition coefficient (Wildman–Crippen LogP) is 3.34. The van der Waals surface area contributed by atoms with E-state index in [0.29, 0.717) is 22.9 Å². The van der Waals surface area contributed by atoms with Crippen LogP contribution in [0.25, 0.3) is 0 Å². The minimum Gasteiger partial charge on any atom is -0.294 e. The second-order valence-corrected chi connectivity index (χ2v) is 7.11. The molecule has 1 saturated heterocycles. The summed E-state index contributed by atoms with van der Waals surface area (Å²) in [7, 11) is 0. The molecule has 1 heterocycles. The molecule has 6 heteroatoms. The van der Waals surface area contributed by atoms with E-state index in [1.54, 1.807) is 0 Å². The van der Waals surface area contributed by atoms with Crippen LogP contribution in [-0.2, 0) is 9.59 Å². The molecular formula is C16H17BrFNO3. The number of carbonyl (C=O) groups is 3. The molecule has 1 aliphatic rings. The minimum atomic E-state index is -0.438. The fourth-order valence-corrected chi connectivity index (χ4v) is 3.10. The minimum absolute atomic E-state index is 0.0299. The molecule has 22 heavy (non-hydrogen) atoms. The highest BCUT2D eigenvalue weighted by atomic mass is 79.9. The van der Waals surface area contributed by atoms with Crippen LogP contribution in [-0.4, -0.2) is 29.0 Å². The van der Waals surface area contributed by atoms with Crippen molar-refractivity contribution in [3.8, 4) is 0 Å². The van der Waals surface area contributed by atoms with Gasteiger partial charge in [0, 0.05) is 35.8 Å². The second kappa shape index (κ2) is 6.28. The molecule has 0 aromatic heterocycles. The molecule has 0 saturated carbocycles. The second-order valence-electron chi connectivity index (χ2n) is 6.25. The Kier molecular flexibility index (Phi) is 4.80. The fraction of sp³-hybridized carbons (Fsp3) is 0.438. The quantitative estimate of drug-likeness (QED) is 0.604. The Morgan fingerprint density at radius 3 is 2.41 bits per heavy atom. The van der Waals surface area contributed by atoms with E-state index in [-0.39, 0.29) is 36.0 Å². The maximum Gasteiger partial charge on any atom is 0.229 e. The van der Waals surface area contributed by atoms with E-state index in [2.05, 4.69) is 15.9 Å². The van der Waals surface area contributed by atoms with Gasteiger partial charge in [0.05, 0.1) is 0 Å². The van der Waals surface area contributed by atoms with Crippen LogP contribution in [0.1, 0.15) is 43.5 Å². The zero-order valence-corrected chi connectivity index (χ0v) is 14.1. The summed E-state index contributed by atoms with van der Waals surface area (Å²) in [6, 6.07) is 3.81. The van der Waals surface area contributed by atoms with Crippen molar-refractivity contribution in [2.75, 3.05) is 6.54 Å². The maximum atomic E-state index is 13.0. The summed E-state index contributed by atoms with van der Waals surface area (Å²) in [5.41, 5.74) is 0.0212. The summed E-state index contributed by atoms with van der Waals surface area (Å²) >= 11 is 3.14. The first-order valence-corrected chi connectivity index (χ1v) is 7.80. The maximum absolute atomic E-state index is 13.0. The van der Waals surface area contributed by atoms with Crippen LogP contribution in [0, 0.1) is 11.2 Å². The molecular weight excluding hydrogens is 353 g/mol. The van der Waals surface area contributed by atoms with Crippen molar-refractivity contribution in [1.82, 2.24) is 4.90 Å². The number of Topliss-reactive ketones (excluding diaryl/α,β-unsaturated/α-hetero) is 1. The van der Waals surface area contributed by atoms with E-state index in [9.17, 15) is 18.8 Å². The summed E-state index contributed by atoms with van der Waals surface area (Å²) in [4.78, 5) is 37.3. The van der Waals surface area contributed by atoms with Crippen LogP contribution < -0.4 is 0 Å². The molecule has 0 bridgehead atoms. The van der Waals surface area contributed by atoms with Crippen LogP contribution >= 0.6 is 15.9 Å². The molecule has 0 radical (unpaired) electrons. The Morgan fingerprint density at radius 2 is 1.86 bits per heavy atom. The lowest BCUT2D eigenvalue weighted by Crippen LogP contribution is -2.46. The van der Waals surface area contributed by atoms with Gasteiger partial charge in [0.1, 0.15) is 5.82 Å². The lowest BCUT2D eigenvalue weighted by atomic mass is 9.81. The van der Waals surface area contributed by atoms with Gasteiger partial charge in [-0.2, -0.15) is 0 Å². The lowest BCUT2D eigenvalue weighted by molar-refractivity contribution is -0.152. The molecule has 1 aromatic rings. The van der Waals surface area contributed by atoms with E-state index in [1.807, 2.05) is 13.8 Å². The third-order valence-electron chi connectivity index (χ3n) is 3.66. The predicted molar refractivity (Wildman–Crippen MR) is 82.8 cm³/mol. The smallest absolute Gasteiger partial charge is 0.229 e. The number of hydrogen-bond donors (Lipinski definition) is 0. The average Bonchev–Trinajstić information content (AvgIpc) is 2.35. The summed E-state index contributed by atoms with van der Waals surface area (Å²) in [5, 5.41) is 0. The number of piperidine rings is 1. The Balaban J connectivity index is 2.02. The zero-order valence-electron chi connectivity index (χ0n) is 12.5. The van der Waals surface area contributed by atoms with E-state index >= 15 is 0 Å². The number of hydrogen-bond acceptors (Lipinski definition) is 3.